The Hall–Kier alpha value is -3.69. The molecule has 10 heteroatoms. The summed E-state index contributed by atoms with van der Waals surface area (Å²) >= 11 is 0. The van der Waals surface area contributed by atoms with Gasteiger partial charge in [-0.05, 0) is 48.2 Å². The fraction of sp³-hybridized carbons (Fsp3) is 0.304. The van der Waals surface area contributed by atoms with Gasteiger partial charge in [0.15, 0.2) is 0 Å². The van der Waals surface area contributed by atoms with E-state index in [4.69, 9.17) is 0 Å². The van der Waals surface area contributed by atoms with Gasteiger partial charge in [0.25, 0.3) is 11.5 Å². The predicted molar refractivity (Wildman–Crippen MR) is 117 cm³/mol. The maximum absolute atomic E-state index is 13.1. The Bertz CT molecular complexity index is 1290. The Labute approximate surface area is 187 Å². The van der Waals surface area contributed by atoms with E-state index in [0.717, 1.165) is 26.9 Å². The van der Waals surface area contributed by atoms with Gasteiger partial charge in [-0.25, -0.2) is 4.79 Å². The largest absolute Gasteiger partial charge is 0.416 e. The summed E-state index contributed by atoms with van der Waals surface area (Å²) in [6.07, 6.45) is -4.58. The molecular formula is C23H23F3N4O3. The van der Waals surface area contributed by atoms with Crippen LogP contribution in [-0.4, -0.2) is 26.8 Å². The van der Waals surface area contributed by atoms with Crippen molar-refractivity contribution in [3.05, 3.63) is 91.8 Å². The summed E-state index contributed by atoms with van der Waals surface area (Å²) in [6.45, 7) is 5.35. The van der Waals surface area contributed by atoms with Gasteiger partial charge in [-0.15, -0.1) is 0 Å². The molecule has 0 aliphatic carbocycles. The Morgan fingerprint density at radius 1 is 1.09 bits per heavy atom. The van der Waals surface area contributed by atoms with Crippen LogP contribution in [0.5, 0.6) is 0 Å². The van der Waals surface area contributed by atoms with Crippen LogP contribution in [0.25, 0.3) is 5.69 Å². The minimum Gasteiger partial charge on any atom is -0.350 e. The fourth-order valence-electron chi connectivity index (χ4n) is 3.13. The average Bonchev–Trinajstić information content (AvgIpc) is 2.74. The highest BCUT2D eigenvalue weighted by Crippen LogP contribution is 2.29. The molecule has 33 heavy (non-hydrogen) atoms. The minimum absolute atomic E-state index is 0.0829. The van der Waals surface area contributed by atoms with E-state index in [1.807, 2.05) is 13.8 Å². The van der Waals surface area contributed by atoms with Crippen LogP contribution in [0.1, 0.15) is 41.0 Å². The fourth-order valence-corrected chi connectivity index (χ4v) is 3.13. The van der Waals surface area contributed by atoms with Crippen molar-refractivity contribution >= 4 is 5.91 Å². The summed E-state index contributed by atoms with van der Waals surface area (Å²) < 4.78 is 41.0. The number of nitrogens with one attached hydrogen (secondary N) is 1. The quantitative estimate of drug-likeness (QED) is 0.613. The van der Waals surface area contributed by atoms with Crippen molar-refractivity contribution in [3.63, 3.8) is 0 Å². The number of carbonyl (C=O) groups excluding carboxylic acids is 1. The van der Waals surface area contributed by atoms with Crippen LogP contribution in [0.15, 0.2) is 58.1 Å². The number of hydrogen-bond acceptors (Lipinski definition) is 4. The molecule has 0 bridgehead atoms. The molecule has 0 aliphatic rings. The van der Waals surface area contributed by atoms with Crippen molar-refractivity contribution in [3.8, 4) is 5.69 Å². The molecule has 0 saturated carbocycles. The second kappa shape index (κ2) is 9.43. The van der Waals surface area contributed by atoms with Crippen molar-refractivity contribution in [2.24, 2.45) is 5.92 Å². The molecule has 1 aromatic heterocycles. The van der Waals surface area contributed by atoms with Gasteiger partial charge < -0.3 is 5.32 Å². The lowest BCUT2D eigenvalue weighted by Gasteiger charge is -2.14. The summed E-state index contributed by atoms with van der Waals surface area (Å²) in [6, 6.07) is 11.0. The van der Waals surface area contributed by atoms with E-state index in [1.54, 1.807) is 31.2 Å². The number of benzene rings is 2. The molecule has 0 saturated heterocycles. The van der Waals surface area contributed by atoms with Crippen LogP contribution in [0.4, 0.5) is 13.2 Å². The SMILES string of the molecule is Cc1cccc(-n2nc(C(=O)NCC(C)C)c(=O)n(Cc3cccc(C(F)(F)F)c3)c2=O)c1. The Morgan fingerprint density at radius 2 is 1.79 bits per heavy atom. The zero-order chi connectivity index (χ0) is 24.3. The molecule has 7 nitrogen and oxygen atoms in total. The lowest BCUT2D eigenvalue weighted by molar-refractivity contribution is -0.137. The summed E-state index contributed by atoms with van der Waals surface area (Å²) in [5.74, 6) is -0.670. The van der Waals surface area contributed by atoms with E-state index in [0.29, 0.717) is 5.69 Å². The standard InChI is InChI=1S/C23H23F3N4O3/c1-14(2)12-27-20(31)19-21(32)29(13-16-7-5-8-17(11-16)23(24,25)26)22(33)30(28-19)18-9-4-6-15(3)10-18/h4-11,14H,12-13H2,1-3H3,(H,27,31). The Morgan fingerprint density at radius 3 is 2.42 bits per heavy atom. The van der Waals surface area contributed by atoms with Crippen molar-refractivity contribution in [1.82, 2.24) is 19.7 Å². The first kappa shape index (κ1) is 24.0. The normalized spacial score (nSPS) is 11.6. The monoisotopic (exact) mass is 460 g/mol. The third-order valence-electron chi connectivity index (χ3n) is 4.79. The van der Waals surface area contributed by atoms with Crippen molar-refractivity contribution in [2.45, 2.75) is 33.5 Å². The maximum atomic E-state index is 13.1. The number of hydrogen-bond donors (Lipinski definition) is 1. The maximum Gasteiger partial charge on any atom is 0.416 e. The van der Waals surface area contributed by atoms with Crippen LogP contribution >= 0.6 is 0 Å². The van der Waals surface area contributed by atoms with Crippen molar-refractivity contribution in [1.29, 1.82) is 0 Å². The molecule has 3 rings (SSSR count). The Balaban J connectivity index is 2.17. The molecule has 1 N–H and O–H groups in total. The number of carbonyl (C=O) groups is 1. The van der Waals surface area contributed by atoms with Gasteiger partial charge in [-0.3, -0.25) is 14.2 Å². The van der Waals surface area contributed by atoms with Gasteiger partial charge in [-0.1, -0.05) is 38.1 Å². The smallest absolute Gasteiger partial charge is 0.350 e. The van der Waals surface area contributed by atoms with Crippen LogP contribution in [-0.2, 0) is 12.7 Å². The molecule has 1 amide bonds. The van der Waals surface area contributed by atoms with E-state index in [9.17, 15) is 27.6 Å². The van der Waals surface area contributed by atoms with Gasteiger partial charge in [0.05, 0.1) is 17.8 Å². The number of nitrogens with zero attached hydrogens (tertiary/aromatic N) is 3. The molecule has 3 aromatic rings. The van der Waals surface area contributed by atoms with Crippen molar-refractivity contribution < 1.29 is 18.0 Å². The lowest BCUT2D eigenvalue weighted by Crippen LogP contribution is -2.46. The van der Waals surface area contributed by atoms with E-state index in [2.05, 4.69) is 10.4 Å². The summed E-state index contributed by atoms with van der Waals surface area (Å²) in [5, 5.41) is 6.59. The van der Waals surface area contributed by atoms with Crippen LogP contribution in [0.2, 0.25) is 0 Å². The molecule has 2 aromatic carbocycles. The zero-order valence-electron chi connectivity index (χ0n) is 18.3. The highest BCUT2D eigenvalue weighted by molar-refractivity contribution is 5.91. The third kappa shape index (κ3) is 5.57. The van der Waals surface area contributed by atoms with E-state index < -0.39 is 41.1 Å². The number of aryl methyl sites for hydroxylation is 1. The predicted octanol–water partition coefficient (Wildman–Crippen LogP) is 3.16. The highest BCUT2D eigenvalue weighted by Gasteiger charge is 2.30. The van der Waals surface area contributed by atoms with Crippen LogP contribution in [0.3, 0.4) is 0 Å². The molecule has 0 fully saturated rings. The summed E-state index contributed by atoms with van der Waals surface area (Å²) in [7, 11) is 0. The van der Waals surface area contributed by atoms with Gasteiger partial charge in [-0.2, -0.15) is 23.0 Å². The molecule has 0 unspecified atom stereocenters. The van der Waals surface area contributed by atoms with Crippen LogP contribution < -0.4 is 16.6 Å². The Kier molecular flexibility index (Phi) is 6.85. The van der Waals surface area contributed by atoms with Gasteiger partial charge in [0, 0.05) is 6.54 Å². The highest BCUT2D eigenvalue weighted by atomic mass is 19.4. The molecule has 0 atom stereocenters. The van der Waals surface area contributed by atoms with Crippen molar-refractivity contribution in [2.75, 3.05) is 6.54 Å². The summed E-state index contributed by atoms with van der Waals surface area (Å²) in [4.78, 5) is 38.8. The topological polar surface area (TPSA) is 86.0 Å². The number of aromatic nitrogens is 3. The second-order valence-corrected chi connectivity index (χ2v) is 8.08. The lowest BCUT2D eigenvalue weighted by atomic mass is 10.1. The molecule has 0 radical (unpaired) electrons. The number of alkyl halides is 3. The average molecular weight is 460 g/mol. The summed E-state index contributed by atoms with van der Waals surface area (Å²) in [5.41, 5.74) is -2.08. The minimum atomic E-state index is -4.58. The molecular weight excluding hydrogens is 437 g/mol. The van der Waals surface area contributed by atoms with Gasteiger partial charge in [0.2, 0.25) is 5.69 Å². The van der Waals surface area contributed by atoms with E-state index >= 15 is 0 Å². The van der Waals surface area contributed by atoms with E-state index in [1.165, 1.54) is 12.1 Å². The number of rotatable bonds is 6. The molecule has 174 valence electrons. The second-order valence-electron chi connectivity index (χ2n) is 8.08. The molecule has 0 spiro atoms. The molecule has 0 aliphatic heterocycles. The van der Waals surface area contributed by atoms with Crippen LogP contribution in [0, 0.1) is 12.8 Å². The number of amides is 1. The van der Waals surface area contributed by atoms with Gasteiger partial charge in [0.1, 0.15) is 0 Å². The molecule has 1 heterocycles. The first-order valence-electron chi connectivity index (χ1n) is 10.2. The number of halogens is 3. The van der Waals surface area contributed by atoms with E-state index in [-0.39, 0.29) is 18.0 Å². The first-order valence-corrected chi connectivity index (χ1v) is 10.2. The zero-order valence-corrected chi connectivity index (χ0v) is 18.3. The third-order valence-corrected chi connectivity index (χ3v) is 4.79. The van der Waals surface area contributed by atoms with Gasteiger partial charge >= 0.3 is 11.9 Å². The first-order chi connectivity index (χ1) is 15.5.